The summed E-state index contributed by atoms with van der Waals surface area (Å²) in [4.78, 5) is 19.3. The number of hydrogen-bond donors (Lipinski definition) is 0. The molecular formula is C23H20N4O2. The molecule has 0 N–H and O–H groups in total. The summed E-state index contributed by atoms with van der Waals surface area (Å²) in [5.41, 5.74) is 2.25. The summed E-state index contributed by atoms with van der Waals surface area (Å²) in [6.45, 7) is 1.40. The summed E-state index contributed by atoms with van der Waals surface area (Å²) in [5.74, 6) is 1.44. The van der Waals surface area contributed by atoms with Crippen LogP contribution in [0.25, 0.3) is 22.4 Å². The summed E-state index contributed by atoms with van der Waals surface area (Å²) < 4.78 is 5.82. The lowest BCUT2D eigenvalue weighted by molar-refractivity contribution is 0.0781. The topological polar surface area (TPSA) is 72.1 Å². The van der Waals surface area contributed by atoms with Crippen molar-refractivity contribution in [2.45, 2.75) is 12.8 Å². The quantitative estimate of drug-likeness (QED) is 0.532. The van der Waals surface area contributed by atoms with E-state index in [4.69, 9.17) is 4.42 Å². The molecule has 0 bridgehead atoms. The average Bonchev–Trinajstić information content (AvgIpc) is 3.44. The molecule has 1 fully saturated rings. The van der Waals surface area contributed by atoms with Crippen molar-refractivity contribution in [3.63, 3.8) is 0 Å². The van der Waals surface area contributed by atoms with Crippen molar-refractivity contribution >= 4 is 16.8 Å². The molecule has 0 saturated carbocycles. The van der Waals surface area contributed by atoms with E-state index in [0.717, 1.165) is 29.4 Å². The van der Waals surface area contributed by atoms with Gasteiger partial charge in [0.05, 0.1) is 5.52 Å². The van der Waals surface area contributed by atoms with Gasteiger partial charge in [0.2, 0.25) is 11.8 Å². The summed E-state index contributed by atoms with van der Waals surface area (Å²) in [6, 6.07) is 21.3. The molecule has 144 valence electrons. The molecule has 1 aliphatic heterocycles. The number of carbonyl (C=O) groups excluding carboxylic acids is 1. The van der Waals surface area contributed by atoms with Gasteiger partial charge in [0.25, 0.3) is 5.91 Å². The van der Waals surface area contributed by atoms with Gasteiger partial charge in [-0.05, 0) is 36.6 Å². The Bertz CT molecular complexity index is 1160. The molecular weight excluding hydrogens is 364 g/mol. The van der Waals surface area contributed by atoms with Gasteiger partial charge in [0.1, 0.15) is 5.69 Å². The second-order valence-electron chi connectivity index (χ2n) is 7.37. The number of hydrogen-bond acceptors (Lipinski definition) is 5. The molecule has 1 aliphatic rings. The SMILES string of the molecule is O=C(c1ccc2ccccc2n1)N1CC[C@H](Cc2nnc(-c3ccccc3)o2)C1. The number of benzene rings is 2. The van der Waals surface area contributed by atoms with E-state index in [1.807, 2.05) is 71.6 Å². The number of rotatable bonds is 4. The zero-order valence-corrected chi connectivity index (χ0v) is 15.9. The van der Waals surface area contributed by atoms with Crippen LogP contribution in [0.4, 0.5) is 0 Å². The third kappa shape index (κ3) is 3.61. The van der Waals surface area contributed by atoms with Crippen LogP contribution in [0.2, 0.25) is 0 Å². The van der Waals surface area contributed by atoms with E-state index in [9.17, 15) is 4.79 Å². The molecule has 1 saturated heterocycles. The number of fused-ring (bicyclic) bond motifs is 1. The zero-order chi connectivity index (χ0) is 19.6. The number of amides is 1. The van der Waals surface area contributed by atoms with Crippen LogP contribution in [-0.4, -0.2) is 39.1 Å². The first-order valence-electron chi connectivity index (χ1n) is 9.79. The molecule has 29 heavy (non-hydrogen) atoms. The highest BCUT2D eigenvalue weighted by molar-refractivity contribution is 5.95. The minimum atomic E-state index is -0.0197. The van der Waals surface area contributed by atoms with Gasteiger partial charge >= 0.3 is 0 Å². The maximum absolute atomic E-state index is 12.9. The van der Waals surface area contributed by atoms with Crippen LogP contribution >= 0.6 is 0 Å². The summed E-state index contributed by atoms with van der Waals surface area (Å²) >= 11 is 0. The first kappa shape index (κ1) is 17.6. The van der Waals surface area contributed by atoms with Crippen molar-refractivity contribution in [2.24, 2.45) is 5.92 Å². The first-order chi connectivity index (χ1) is 14.3. The lowest BCUT2D eigenvalue weighted by Gasteiger charge is -2.16. The molecule has 1 atom stereocenters. The Balaban J connectivity index is 1.25. The molecule has 0 aliphatic carbocycles. The highest BCUT2D eigenvalue weighted by Crippen LogP contribution is 2.24. The van der Waals surface area contributed by atoms with E-state index in [1.54, 1.807) is 0 Å². The minimum Gasteiger partial charge on any atom is -0.421 e. The van der Waals surface area contributed by atoms with Crippen LogP contribution < -0.4 is 0 Å². The molecule has 0 spiro atoms. The number of para-hydroxylation sites is 1. The monoisotopic (exact) mass is 384 g/mol. The first-order valence-corrected chi connectivity index (χ1v) is 9.79. The Morgan fingerprint density at radius 2 is 1.83 bits per heavy atom. The van der Waals surface area contributed by atoms with Crippen LogP contribution in [0.1, 0.15) is 22.8 Å². The van der Waals surface area contributed by atoms with Crippen LogP contribution in [0.5, 0.6) is 0 Å². The lowest BCUT2D eigenvalue weighted by atomic mass is 10.1. The van der Waals surface area contributed by atoms with Crippen molar-refractivity contribution in [3.8, 4) is 11.5 Å². The molecule has 3 heterocycles. The molecule has 5 rings (SSSR count). The molecule has 6 heteroatoms. The summed E-state index contributed by atoms with van der Waals surface area (Å²) in [6.07, 6.45) is 1.59. The van der Waals surface area contributed by atoms with Crippen LogP contribution in [0, 0.1) is 5.92 Å². The van der Waals surface area contributed by atoms with Gasteiger partial charge in [-0.1, -0.05) is 42.5 Å². The predicted octanol–water partition coefficient (Wildman–Crippen LogP) is 3.99. The van der Waals surface area contributed by atoms with Gasteiger partial charge in [-0.15, -0.1) is 10.2 Å². The van der Waals surface area contributed by atoms with Crippen molar-refractivity contribution in [1.82, 2.24) is 20.1 Å². The third-order valence-electron chi connectivity index (χ3n) is 5.34. The summed E-state index contributed by atoms with van der Waals surface area (Å²) in [5, 5.41) is 9.37. The third-order valence-corrected chi connectivity index (χ3v) is 5.34. The second-order valence-corrected chi connectivity index (χ2v) is 7.37. The highest BCUT2D eigenvalue weighted by atomic mass is 16.4. The Morgan fingerprint density at radius 3 is 2.72 bits per heavy atom. The highest BCUT2D eigenvalue weighted by Gasteiger charge is 2.29. The number of likely N-dealkylation sites (tertiary alicyclic amines) is 1. The Morgan fingerprint density at radius 1 is 1.00 bits per heavy atom. The number of pyridine rings is 1. The lowest BCUT2D eigenvalue weighted by Crippen LogP contribution is -2.29. The van der Waals surface area contributed by atoms with Gasteiger partial charge in [-0.2, -0.15) is 0 Å². The molecule has 1 amide bonds. The van der Waals surface area contributed by atoms with Crippen molar-refractivity contribution < 1.29 is 9.21 Å². The number of aromatic nitrogens is 3. The normalized spacial score (nSPS) is 16.4. The summed E-state index contributed by atoms with van der Waals surface area (Å²) in [7, 11) is 0. The molecule has 4 aromatic rings. The molecule has 6 nitrogen and oxygen atoms in total. The number of nitrogens with zero attached hydrogens (tertiary/aromatic N) is 4. The maximum Gasteiger partial charge on any atom is 0.272 e. The molecule has 2 aromatic carbocycles. The predicted molar refractivity (Wildman–Crippen MR) is 109 cm³/mol. The minimum absolute atomic E-state index is 0.0197. The van der Waals surface area contributed by atoms with Crippen molar-refractivity contribution in [2.75, 3.05) is 13.1 Å². The van der Waals surface area contributed by atoms with Gasteiger partial charge in [-0.25, -0.2) is 4.98 Å². The van der Waals surface area contributed by atoms with E-state index in [1.165, 1.54) is 0 Å². The zero-order valence-electron chi connectivity index (χ0n) is 15.9. The van der Waals surface area contributed by atoms with Gasteiger partial charge in [0, 0.05) is 30.5 Å². The Labute approximate surface area is 168 Å². The second kappa shape index (κ2) is 7.47. The largest absolute Gasteiger partial charge is 0.421 e. The average molecular weight is 384 g/mol. The van der Waals surface area contributed by atoms with E-state index in [2.05, 4.69) is 15.2 Å². The maximum atomic E-state index is 12.9. The van der Waals surface area contributed by atoms with Gasteiger partial charge < -0.3 is 9.32 Å². The Hall–Kier alpha value is -3.54. The Kier molecular flexibility index (Phi) is 4.52. The fourth-order valence-corrected chi connectivity index (χ4v) is 3.81. The van der Waals surface area contributed by atoms with Crippen molar-refractivity contribution in [1.29, 1.82) is 0 Å². The van der Waals surface area contributed by atoms with Crippen LogP contribution in [0.15, 0.2) is 71.1 Å². The van der Waals surface area contributed by atoms with E-state index in [-0.39, 0.29) is 5.91 Å². The molecule has 2 aromatic heterocycles. The van der Waals surface area contributed by atoms with Gasteiger partial charge in [0.15, 0.2) is 0 Å². The van der Waals surface area contributed by atoms with E-state index in [0.29, 0.717) is 36.4 Å². The van der Waals surface area contributed by atoms with Crippen molar-refractivity contribution in [3.05, 3.63) is 78.3 Å². The van der Waals surface area contributed by atoms with E-state index >= 15 is 0 Å². The fourth-order valence-electron chi connectivity index (χ4n) is 3.81. The van der Waals surface area contributed by atoms with Crippen LogP contribution in [0.3, 0.4) is 0 Å². The smallest absolute Gasteiger partial charge is 0.272 e. The van der Waals surface area contributed by atoms with Gasteiger partial charge in [-0.3, -0.25) is 4.79 Å². The fraction of sp³-hybridized carbons (Fsp3) is 0.217. The van der Waals surface area contributed by atoms with Crippen LogP contribution in [-0.2, 0) is 6.42 Å². The van der Waals surface area contributed by atoms with E-state index < -0.39 is 0 Å². The molecule has 0 radical (unpaired) electrons. The number of carbonyl (C=O) groups is 1. The molecule has 0 unspecified atom stereocenters. The standard InChI is InChI=1S/C23H20N4O2/c28-23(20-11-10-17-6-4-5-9-19(17)24-20)27-13-12-16(15-27)14-21-25-26-22(29-21)18-7-2-1-3-8-18/h1-11,16H,12-15H2/t16-/m1/s1.